The first-order chi connectivity index (χ1) is 8.65. The Morgan fingerprint density at radius 3 is 3.00 bits per heavy atom. The topological polar surface area (TPSA) is 88.2 Å². The number of nitrogens with one attached hydrogen (secondary N) is 1. The van der Waals surface area contributed by atoms with Gasteiger partial charge in [0.1, 0.15) is 6.10 Å². The molecule has 1 aromatic rings. The number of hydrogen-bond donors (Lipinski definition) is 3. The summed E-state index contributed by atoms with van der Waals surface area (Å²) in [5, 5.41) is 12.4. The van der Waals surface area contributed by atoms with Crippen LogP contribution in [-0.2, 0) is 11.3 Å². The Kier molecular flexibility index (Phi) is 6.32. The molecule has 0 aliphatic heterocycles. The first-order valence-electron chi connectivity index (χ1n) is 6.25. The Morgan fingerprint density at radius 1 is 1.61 bits per heavy atom. The maximum atomic E-state index is 11.7. The van der Waals surface area contributed by atoms with Gasteiger partial charge in [0.15, 0.2) is 0 Å². The molecule has 0 aromatic carbocycles. The van der Waals surface area contributed by atoms with Crippen molar-refractivity contribution in [2.45, 2.75) is 44.9 Å². The summed E-state index contributed by atoms with van der Waals surface area (Å²) in [6.07, 6.45) is 4.75. The predicted octanol–water partition coefficient (Wildman–Crippen LogP) is 0.576. The van der Waals surface area contributed by atoms with Gasteiger partial charge in [-0.05, 0) is 18.1 Å². The number of nitrogens with two attached hydrogens (primary N) is 1. The molecule has 0 radical (unpaired) electrons. The molecule has 5 nitrogen and oxygen atoms in total. The summed E-state index contributed by atoms with van der Waals surface area (Å²) in [5.41, 5.74) is 6.64. The van der Waals surface area contributed by atoms with E-state index in [-0.39, 0.29) is 0 Å². The fraction of sp³-hybridized carbons (Fsp3) is 0.538. The molecule has 0 saturated carbocycles. The molecule has 100 valence electrons. The van der Waals surface area contributed by atoms with E-state index in [1.54, 1.807) is 18.5 Å². The van der Waals surface area contributed by atoms with Crippen LogP contribution in [0.5, 0.6) is 0 Å². The van der Waals surface area contributed by atoms with Gasteiger partial charge in [-0.25, -0.2) is 0 Å². The van der Waals surface area contributed by atoms with Crippen LogP contribution in [-0.4, -0.2) is 28.1 Å². The van der Waals surface area contributed by atoms with Crippen molar-refractivity contribution in [2.24, 2.45) is 5.73 Å². The molecule has 0 spiro atoms. The van der Waals surface area contributed by atoms with E-state index in [2.05, 4.69) is 10.3 Å². The molecular weight excluding hydrogens is 230 g/mol. The third-order valence-corrected chi connectivity index (χ3v) is 2.75. The highest BCUT2D eigenvalue weighted by atomic mass is 16.3. The lowest BCUT2D eigenvalue weighted by Crippen LogP contribution is -2.46. The Labute approximate surface area is 107 Å². The van der Waals surface area contributed by atoms with E-state index in [0.717, 1.165) is 18.4 Å². The van der Waals surface area contributed by atoms with Gasteiger partial charge in [-0.15, -0.1) is 0 Å². The zero-order valence-electron chi connectivity index (χ0n) is 10.7. The monoisotopic (exact) mass is 251 g/mol. The largest absolute Gasteiger partial charge is 0.382 e. The smallest absolute Gasteiger partial charge is 0.250 e. The van der Waals surface area contributed by atoms with E-state index in [4.69, 9.17) is 5.73 Å². The van der Waals surface area contributed by atoms with Crippen molar-refractivity contribution in [3.63, 3.8) is 0 Å². The third-order valence-electron chi connectivity index (χ3n) is 2.75. The maximum absolute atomic E-state index is 11.7. The molecule has 1 unspecified atom stereocenters. The van der Waals surface area contributed by atoms with Crippen molar-refractivity contribution in [1.82, 2.24) is 10.3 Å². The van der Waals surface area contributed by atoms with Crippen molar-refractivity contribution in [3.8, 4) is 0 Å². The average molecular weight is 251 g/mol. The molecule has 0 aliphatic carbocycles. The summed E-state index contributed by atoms with van der Waals surface area (Å²) in [5.74, 6) is -0.428. The third kappa shape index (κ3) is 4.81. The van der Waals surface area contributed by atoms with E-state index in [0.29, 0.717) is 13.0 Å². The molecule has 1 aromatic heterocycles. The molecule has 2 atom stereocenters. The van der Waals surface area contributed by atoms with Gasteiger partial charge in [-0.1, -0.05) is 25.8 Å². The highest BCUT2D eigenvalue weighted by Crippen LogP contribution is 2.03. The summed E-state index contributed by atoms with van der Waals surface area (Å²) >= 11 is 0. The molecule has 0 fully saturated rings. The Morgan fingerprint density at radius 2 is 2.39 bits per heavy atom. The number of pyridine rings is 1. The standard InChI is InChI=1S/C13H21N3O2/c1-2-3-6-11(14)12(17)13(18)16-9-10-5-4-7-15-8-10/h4-5,7-8,11-12,17H,2-3,6,9,14H2,1H3,(H,16,18)/t11-,12?/m0/s1. The zero-order chi connectivity index (χ0) is 13.4. The maximum Gasteiger partial charge on any atom is 0.250 e. The second-order valence-corrected chi connectivity index (χ2v) is 4.33. The fourth-order valence-electron chi connectivity index (χ4n) is 1.59. The zero-order valence-corrected chi connectivity index (χ0v) is 10.7. The van der Waals surface area contributed by atoms with Crippen LogP contribution in [0.4, 0.5) is 0 Å². The lowest BCUT2D eigenvalue weighted by molar-refractivity contribution is -0.130. The Balaban J connectivity index is 2.36. The van der Waals surface area contributed by atoms with Gasteiger partial charge >= 0.3 is 0 Å². The highest BCUT2D eigenvalue weighted by Gasteiger charge is 2.21. The number of rotatable bonds is 7. The minimum atomic E-state index is -1.15. The van der Waals surface area contributed by atoms with Crippen LogP contribution in [0.3, 0.4) is 0 Å². The van der Waals surface area contributed by atoms with E-state index >= 15 is 0 Å². The van der Waals surface area contributed by atoms with Crippen molar-refractivity contribution in [2.75, 3.05) is 0 Å². The van der Waals surface area contributed by atoms with E-state index in [1.807, 2.05) is 13.0 Å². The van der Waals surface area contributed by atoms with Crippen LogP contribution >= 0.6 is 0 Å². The molecule has 1 amide bonds. The van der Waals surface area contributed by atoms with Gasteiger partial charge in [0.05, 0.1) is 0 Å². The number of aromatic nitrogens is 1. The highest BCUT2D eigenvalue weighted by molar-refractivity contribution is 5.81. The number of unbranched alkanes of at least 4 members (excludes halogenated alkanes) is 1. The molecule has 0 bridgehead atoms. The lowest BCUT2D eigenvalue weighted by atomic mass is 10.0. The fourth-order valence-corrected chi connectivity index (χ4v) is 1.59. The van der Waals surface area contributed by atoms with Crippen LogP contribution in [0.25, 0.3) is 0 Å². The number of aliphatic hydroxyl groups is 1. The molecule has 1 rings (SSSR count). The summed E-state index contributed by atoms with van der Waals surface area (Å²) < 4.78 is 0. The quantitative estimate of drug-likeness (QED) is 0.661. The number of hydrogen-bond acceptors (Lipinski definition) is 4. The number of carbonyl (C=O) groups excluding carboxylic acids is 1. The van der Waals surface area contributed by atoms with E-state index in [1.165, 1.54) is 0 Å². The Hall–Kier alpha value is -1.46. The van der Waals surface area contributed by atoms with E-state index < -0.39 is 18.1 Å². The lowest BCUT2D eigenvalue weighted by Gasteiger charge is -2.18. The van der Waals surface area contributed by atoms with Crippen LogP contribution in [0, 0.1) is 0 Å². The van der Waals surface area contributed by atoms with Gasteiger partial charge in [0, 0.05) is 25.0 Å². The molecule has 18 heavy (non-hydrogen) atoms. The SMILES string of the molecule is CCCC[C@H](N)C(O)C(=O)NCc1cccnc1. The average Bonchev–Trinajstić information content (AvgIpc) is 2.42. The molecule has 5 heteroatoms. The van der Waals surface area contributed by atoms with Crippen LogP contribution < -0.4 is 11.1 Å². The van der Waals surface area contributed by atoms with Crippen molar-refractivity contribution >= 4 is 5.91 Å². The summed E-state index contributed by atoms with van der Waals surface area (Å²) in [4.78, 5) is 15.6. The van der Waals surface area contributed by atoms with Gasteiger partial charge in [-0.3, -0.25) is 9.78 Å². The Bertz CT molecular complexity index is 357. The van der Waals surface area contributed by atoms with Crippen molar-refractivity contribution in [3.05, 3.63) is 30.1 Å². The second-order valence-electron chi connectivity index (χ2n) is 4.33. The van der Waals surface area contributed by atoms with Crippen molar-refractivity contribution < 1.29 is 9.90 Å². The predicted molar refractivity (Wildman–Crippen MR) is 69.6 cm³/mol. The summed E-state index contributed by atoms with van der Waals surface area (Å²) in [6.45, 7) is 2.39. The van der Waals surface area contributed by atoms with Gasteiger partial charge in [0.2, 0.25) is 0 Å². The summed E-state index contributed by atoms with van der Waals surface area (Å²) in [7, 11) is 0. The molecular formula is C13H21N3O2. The van der Waals surface area contributed by atoms with E-state index in [9.17, 15) is 9.90 Å². The first-order valence-corrected chi connectivity index (χ1v) is 6.25. The number of aliphatic hydroxyl groups excluding tert-OH is 1. The number of nitrogens with zero attached hydrogens (tertiary/aromatic N) is 1. The molecule has 0 aliphatic rings. The van der Waals surface area contributed by atoms with Gasteiger partial charge in [-0.2, -0.15) is 0 Å². The minimum Gasteiger partial charge on any atom is -0.382 e. The molecule has 4 N–H and O–H groups in total. The number of carbonyl (C=O) groups is 1. The molecule has 0 saturated heterocycles. The van der Waals surface area contributed by atoms with Crippen LogP contribution in [0.15, 0.2) is 24.5 Å². The van der Waals surface area contributed by atoms with Crippen LogP contribution in [0.2, 0.25) is 0 Å². The van der Waals surface area contributed by atoms with Gasteiger partial charge in [0.25, 0.3) is 5.91 Å². The van der Waals surface area contributed by atoms with Gasteiger partial charge < -0.3 is 16.2 Å². The number of amides is 1. The van der Waals surface area contributed by atoms with Crippen molar-refractivity contribution in [1.29, 1.82) is 0 Å². The summed E-state index contributed by atoms with van der Waals surface area (Å²) in [6, 6.07) is 3.15. The second kappa shape index (κ2) is 7.79. The molecule has 1 heterocycles. The van der Waals surface area contributed by atoms with Crippen LogP contribution in [0.1, 0.15) is 31.7 Å². The minimum absolute atomic E-state index is 0.351. The normalized spacial score (nSPS) is 13.9. The first kappa shape index (κ1) is 14.6.